The Labute approximate surface area is 53.4 Å². The fourth-order valence-electron chi connectivity index (χ4n) is 0.622. The molecule has 0 aliphatic heterocycles. The molecule has 1 aliphatic carbocycles. The summed E-state index contributed by atoms with van der Waals surface area (Å²) in [4.78, 5) is 10.5. The van der Waals surface area contributed by atoms with Crippen molar-refractivity contribution in [2.75, 3.05) is 0 Å². The SMILES string of the molecule is CCC(=O)N[C@H]1C[C@H]1F. The summed E-state index contributed by atoms with van der Waals surface area (Å²) in [5.41, 5.74) is 0. The molecule has 1 saturated carbocycles. The highest BCUT2D eigenvalue weighted by Crippen LogP contribution is 2.24. The second-order valence-electron chi connectivity index (χ2n) is 2.28. The van der Waals surface area contributed by atoms with Gasteiger partial charge in [0.1, 0.15) is 6.17 Å². The summed E-state index contributed by atoms with van der Waals surface area (Å²) in [5, 5.41) is 2.54. The summed E-state index contributed by atoms with van der Waals surface area (Å²) >= 11 is 0. The molecule has 52 valence electrons. The van der Waals surface area contributed by atoms with Gasteiger partial charge in [-0.15, -0.1) is 0 Å². The highest BCUT2D eigenvalue weighted by molar-refractivity contribution is 5.76. The quantitative estimate of drug-likeness (QED) is 0.585. The van der Waals surface area contributed by atoms with E-state index in [4.69, 9.17) is 0 Å². The average Bonchev–Trinajstić information content (AvgIpc) is 2.47. The van der Waals surface area contributed by atoms with Crippen LogP contribution in [-0.4, -0.2) is 18.1 Å². The highest BCUT2D eigenvalue weighted by Gasteiger charge is 2.38. The summed E-state index contributed by atoms with van der Waals surface area (Å²) in [6.45, 7) is 1.75. The van der Waals surface area contributed by atoms with Gasteiger partial charge in [-0.1, -0.05) is 6.92 Å². The van der Waals surface area contributed by atoms with Gasteiger partial charge in [-0.2, -0.15) is 0 Å². The van der Waals surface area contributed by atoms with Gasteiger partial charge in [0.25, 0.3) is 0 Å². The third kappa shape index (κ3) is 1.66. The van der Waals surface area contributed by atoms with Crippen molar-refractivity contribution in [3.63, 3.8) is 0 Å². The van der Waals surface area contributed by atoms with E-state index in [1.807, 2.05) is 0 Å². The molecule has 1 amide bonds. The number of hydrogen-bond acceptors (Lipinski definition) is 1. The second kappa shape index (κ2) is 2.33. The van der Waals surface area contributed by atoms with Gasteiger partial charge in [0.15, 0.2) is 0 Å². The van der Waals surface area contributed by atoms with Crippen molar-refractivity contribution in [3.8, 4) is 0 Å². The van der Waals surface area contributed by atoms with Crippen LogP contribution < -0.4 is 5.32 Å². The predicted molar refractivity (Wildman–Crippen MR) is 31.7 cm³/mol. The fraction of sp³-hybridized carbons (Fsp3) is 0.833. The van der Waals surface area contributed by atoms with E-state index in [-0.39, 0.29) is 11.9 Å². The lowest BCUT2D eigenvalue weighted by Gasteiger charge is -1.96. The van der Waals surface area contributed by atoms with Crippen LogP contribution in [0.5, 0.6) is 0 Å². The van der Waals surface area contributed by atoms with E-state index in [0.29, 0.717) is 12.8 Å². The van der Waals surface area contributed by atoms with Crippen molar-refractivity contribution in [2.24, 2.45) is 0 Å². The number of alkyl halides is 1. The van der Waals surface area contributed by atoms with Gasteiger partial charge in [-0.25, -0.2) is 4.39 Å². The molecule has 0 aromatic heterocycles. The Kier molecular flexibility index (Phi) is 1.69. The standard InChI is InChI=1S/C6H10FNO/c1-2-6(9)8-5-3-4(5)7/h4-5H,2-3H2,1H3,(H,8,9)/t4-,5+/m1/s1. The predicted octanol–water partition coefficient (Wildman–Crippen LogP) is 0.623. The molecule has 0 bridgehead atoms. The first kappa shape index (κ1) is 6.52. The first-order chi connectivity index (χ1) is 4.24. The molecule has 0 aromatic rings. The molecule has 0 saturated heterocycles. The Hall–Kier alpha value is -0.600. The first-order valence-corrected chi connectivity index (χ1v) is 3.17. The fourth-order valence-corrected chi connectivity index (χ4v) is 0.622. The van der Waals surface area contributed by atoms with Crippen LogP contribution in [-0.2, 0) is 4.79 Å². The third-order valence-corrected chi connectivity index (χ3v) is 1.38. The number of hydrogen-bond donors (Lipinski definition) is 1. The molecule has 1 N–H and O–H groups in total. The first-order valence-electron chi connectivity index (χ1n) is 3.17. The molecule has 0 radical (unpaired) electrons. The van der Waals surface area contributed by atoms with E-state index >= 15 is 0 Å². The molecular weight excluding hydrogens is 121 g/mol. The maximum absolute atomic E-state index is 12.1. The normalized spacial score (nSPS) is 31.8. The van der Waals surface area contributed by atoms with Crippen molar-refractivity contribution in [2.45, 2.75) is 32.0 Å². The lowest BCUT2D eigenvalue weighted by molar-refractivity contribution is -0.121. The average molecular weight is 131 g/mol. The second-order valence-corrected chi connectivity index (χ2v) is 2.28. The van der Waals surface area contributed by atoms with Gasteiger partial charge in [-0.05, 0) is 0 Å². The van der Waals surface area contributed by atoms with Gasteiger partial charge in [-0.3, -0.25) is 4.79 Å². The van der Waals surface area contributed by atoms with Gasteiger partial charge >= 0.3 is 0 Å². The van der Waals surface area contributed by atoms with Crippen LogP contribution >= 0.6 is 0 Å². The highest BCUT2D eigenvalue weighted by atomic mass is 19.1. The van der Waals surface area contributed by atoms with E-state index in [9.17, 15) is 9.18 Å². The third-order valence-electron chi connectivity index (χ3n) is 1.38. The molecule has 0 heterocycles. The number of halogens is 1. The van der Waals surface area contributed by atoms with Crippen LogP contribution in [0, 0.1) is 0 Å². The molecule has 1 fully saturated rings. The van der Waals surface area contributed by atoms with Gasteiger partial charge in [0.2, 0.25) is 5.91 Å². The number of amides is 1. The smallest absolute Gasteiger partial charge is 0.220 e. The van der Waals surface area contributed by atoms with Crippen LogP contribution in [0.2, 0.25) is 0 Å². The van der Waals surface area contributed by atoms with Crippen molar-refractivity contribution < 1.29 is 9.18 Å². The number of carbonyl (C=O) groups excluding carboxylic acids is 1. The van der Waals surface area contributed by atoms with Gasteiger partial charge in [0, 0.05) is 12.8 Å². The summed E-state index contributed by atoms with van der Waals surface area (Å²) < 4.78 is 12.1. The number of nitrogens with one attached hydrogen (secondary N) is 1. The monoisotopic (exact) mass is 131 g/mol. The van der Waals surface area contributed by atoms with Gasteiger partial charge < -0.3 is 5.32 Å². The molecule has 9 heavy (non-hydrogen) atoms. The zero-order valence-corrected chi connectivity index (χ0v) is 5.36. The Morgan fingerprint density at radius 2 is 2.44 bits per heavy atom. The number of carbonyl (C=O) groups is 1. The molecule has 0 spiro atoms. The van der Waals surface area contributed by atoms with Crippen LogP contribution in [0.4, 0.5) is 4.39 Å². The van der Waals surface area contributed by atoms with Crippen LogP contribution in [0.1, 0.15) is 19.8 Å². The zero-order chi connectivity index (χ0) is 6.85. The largest absolute Gasteiger partial charge is 0.350 e. The lowest BCUT2D eigenvalue weighted by atomic mass is 10.4. The molecule has 1 rings (SSSR count). The minimum atomic E-state index is -0.777. The Balaban J connectivity index is 2.12. The maximum Gasteiger partial charge on any atom is 0.220 e. The molecular formula is C6H10FNO. The topological polar surface area (TPSA) is 29.1 Å². The number of rotatable bonds is 2. The van der Waals surface area contributed by atoms with E-state index in [2.05, 4.69) is 5.32 Å². The molecule has 3 heteroatoms. The molecule has 2 nitrogen and oxygen atoms in total. The summed E-state index contributed by atoms with van der Waals surface area (Å²) in [7, 11) is 0. The van der Waals surface area contributed by atoms with E-state index in [1.54, 1.807) is 6.92 Å². The Morgan fingerprint density at radius 1 is 1.89 bits per heavy atom. The van der Waals surface area contributed by atoms with E-state index in [0.717, 1.165) is 0 Å². The van der Waals surface area contributed by atoms with Crippen LogP contribution in [0.25, 0.3) is 0 Å². The maximum atomic E-state index is 12.1. The molecule has 1 aliphatic rings. The minimum absolute atomic E-state index is 0.0554. The summed E-state index contributed by atoms with van der Waals surface area (Å²) in [6, 6.07) is -0.169. The van der Waals surface area contributed by atoms with Gasteiger partial charge in [0.05, 0.1) is 6.04 Å². The molecule has 0 unspecified atom stereocenters. The van der Waals surface area contributed by atoms with Crippen LogP contribution in [0.3, 0.4) is 0 Å². The van der Waals surface area contributed by atoms with E-state index < -0.39 is 6.17 Å². The van der Waals surface area contributed by atoms with Crippen molar-refractivity contribution in [1.29, 1.82) is 0 Å². The molecule has 0 aromatic carbocycles. The lowest BCUT2D eigenvalue weighted by Crippen LogP contribution is -2.25. The van der Waals surface area contributed by atoms with Crippen molar-refractivity contribution in [3.05, 3.63) is 0 Å². The summed E-state index contributed by atoms with van der Waals surface area (Å²) in [6.07, 6.45) is 0.176. The summed E-state index contributed by atoms with van der Waals surface area (Å²) in [5.74, 6) is -0.0554. The van der Waals surface area contributed by atoms with E-state index in [1.165, 1.54) is 0 Å². The zero-order valence-electron chi connectivity index (χ0n) is 5.36. The Morgan fingerprint density at radius 3 is 2.78 bits per heavy atom. The molecule has 2 atom stereocenters. The van der Waals surface area contributed by atoms with Crippen LogP contribution in [0.15, 0.2) is 0 Å². The van der Waals surface area contributed by atoms with Crippen molar-refractivity contribution >= 4 is 5.91 Å². The van der Waals surface area contributed by atoms with Crippen molar-refractivity contribution in [1.82, 2.24) is 5.32 Å². The minimum Gasteiger partial charge on any atom is -0.350 e. The Bertz CT molecular complexity index is 126.